The second kappa shape index (κ2) is 5.66. The van der Waals surface area contributed by atoms with Crippen molar-refractivity contribution in [3.63, 3.8) is 0 Å². The van der Waals surface area contributed by atoms with Crippen molar-refractivity contribution in [1.29, 1.82) is 0 Å². The Hall–Kier alpha value is -1.02. The highest BCUT2D eigenvalue weighted by atomic mass is 16.3. The molecule has 0 aliphatic heterocycles. The zero-order chi connectivity index (χ0) is 10.4. The summed E-state index contributed by atoms with van der Waals surface area (Å²) in [5, 5.41) is 12.5. The lowest BCUT2D eigenvalue weighted by atomic mass is 10.1. The van der Waals surface area contributed by atoms with Crippen molar-refractivity contribution in [2.45, 2.75) is 39.3 Å². The molecule has 2 N–H and O–H groups in total. The molecule has 14 heavy (non-hydrogen) atoms. The molecule has 0 unspecified atom stereocenters. The van der Waals surface area contributed by atoms with Crippen LogP contribution < -0.4 is 5.32 Å². The van der Waals surface area contributed by atoms with E-state index in [9.17, 15) is 0 Å². The Labute approximate surface area is 86.0 Å². The molecule has 0 aliphatic rings. The average molecular weight is 193 g/mol. The molecule has 0 heterocycles. The van der Waals surface area contributed by atoms with Gasteiger partial charge in [-0.15, -0.1) is 0 Å². The normalized spacial score (nSPS) is 12.5. The summed E-state index contributed by atoms with van der Waals surface area (Å²) in [6, 6.07) is 8.35. The number of hydrogen-bond acceptors (Lipinski definition) is 2. The molecule has 1 rings (SSSR count). The Kier molecular flexibility index (Phi) is 4.47. The maximum atomic E-state index is 9.12. The molecule has 2 heteroatoms. The van der Waals surface area contributed by atoms with E-state index in [0.29, 0.717) is 6.04 Å². The van der Waals surface area contributed by atoms with Crippen molar-refractivity contribution in [3.8, 4) is 0 Å². The van der Waals surface area contributed by atoms with Crippen molar-refractivity contribution < 1.29 is 5.11 Å². The van der Waals surface area contributed by atoms with Gasteiger partial charge in [0.15, 0.2) is 0 Å². The van der Waals surface area contributed by atoms with Gasteiger partial charge in [-0.3, -0.25) is 0 Å². The summed E-state index contributed by atoms with van der Waals surface area (Å²) in [4.78, 5) is 0. The van der Waals surface area contributed by atoms with Gasteiger partial charge in [0.1, 0.15) is 0 Å². The maximum Gasteiger partial charge on any atom is 0.0701 e. The molecule has 1 aromatic rings. The smallest absolute Gasteiger partial charge is 0.0701 e. The van der Waals surface area contributed by atoms with E-state index in [1.807, 2.05) is 24.3 Å². The first-order chi connectivity index (χ1) is 6.77. The summed E-state index contributed by atoms with van der Waals surface area (Å²) >= 11 is 0. The van der Waals surface area contributed by atoms with Crippen LogP contribution in [0.4, 0.5) is 5.69 Å². The quantitative estimate of drug-likeness (QED) is 0.753. The molecule has 0 saturated heterocycles. The zero-order valence-electron chi connectivity index (χ0n) is 8.96. The fraction of sp³-hybridized carbons (Fsp3) is 0.500. The highest BCUT2D eigenvalue weighted by Gasteiger charge is 2.03. The van der Waals surface area contributed by atoms with Gasteiger partial charge in [-0.05, 0) is 19.4 Å². The van der Waals surface area contributed by atoms with Crippen LogP contribution in [-0.4, -0.2) is 11.1 Å². The predicted molar refractivity (Wildman–Crippen MR) is 60.4 cm³/mol. The Morgan fingerprint density at radius 2 is 2.07 bits per heavy atom. The highest BCUT2D eigenvalue weighted by Crippen LogP contribution is 2.16. The second-order valence-electron chi connectivity index (χ2n) is 3.65. The molecule has 0 fully saturated rings. The van der Waals surface area contributed by atoms with Crippen LogP contribution in [0, 0.1) is 0 Å². The lowest BCUT2D eigenvalue weighted by Gasteiger charge is -2.16. The minimum Gasteiger partial charge on any atom is -0.392 e. The molecule has 1 atom stereocenters. The van der Waals surface area contributed by atoms with Crippen LogP contribution in [0.3, 0.4) is 0 Å². The fourth-order valence-electron chi connectivity index (χ4n) is 1.57. The predicted octanol–water partition coefficient (Wildman–Crippen LogP) is 2.78. The van der Waals surface area contributed by atoms with Crippen molar-refractivity contribution >= 4 is 5.69 Å². The number of benzene rings is 1. The van der Waals surface area contributed by atoms with Crippen LogP contribution in [-0.2, 0) is 6.61 Å². The van der Waals surface area contributed by atoms with E-state index in [-0.39, 0.29) is 6.61 Å². The molecule has 0 bridgehead atoms. The van der Waals surface area contributed by atoms with Gasteiger partial charge in [-0.2, -0.15) is 0 Å². The lowest BCUT2D eigenvalue weighted by molar-refractivity contribution is 0.282. The van der Waals surface area contributed by atoms with E-state index >= 15 is 0 Å². The summed E-state index contributed by atoms with van der Waals surface area (Å²) < 4.78 is 0. The number of aliphatic hydroxyl groups excluding tert-OH is 1. The van der Waals surface area contributed by atoms with Crippen LogP contribution >= 0.6 is 0 Å². The maximum absolute atomic E-state index is 9.12. The first-order valence-electron chi connectivity index (χ1n) is 5.23. The van der Waals surface area contributed by atoms with Gasteiger partial charge in [-0.25, -0.2) is 0 Å². The van der Waals surface area contributed by atoms with Crippen molar-refractivity contribution in [2.24, 2.45) is 0 Å². The summed E-state index contributed by atoms with van der Waals surface area (Å²) in [5.41, 5.74) is 2.02. The molecule has 2 nitrogen and oxygen atoms in total. The standard InChI is InChI=1S/C12H19NO/c1-3-6-10(2)13-12-8-5-4-7-11(12)9-14/h4-5,7-8,10,13-14H,3,6,9H2,1-2H3/t10-/m0/s1. The van der Waals surface area contributed by atoms with E-state index in [1.54, 1.807) is 0 Å². The number of para-hydroxylation sites is 1. The van der Waals surface area contributed by atoms with E-state index < -0.39 is 0 Å². The number of nitrogens with one attached hydrogen (secondary N) is 1. The summed E-state index contributed by atoms with van der Waals surface area (Å²) in [7, 11) is 0. The second-order valence-corrected chi connectivity index (χ2v) is 3.65. The number of aliphatic hydroxyl groups is 1. The molecule has 0 aromatic heterocycles. The van der Waals surface area contributed by atoms with Gasteiger partial charge in [0.25, 0.3) is 0 Å². The van der Waals surface area contributed by atoms with Crippen LogP contribution in [0.25, 0.3) is 0 Å². The minimum absolute atomic E-state index is 0.0992. The zero-order valence-corrected chi connectivity index (χ0v) is 8.96. The molecule has 0 saturated carbocycles. The van der Waals surface area contributed by atoms with Crippen LogP contribution in [0.1, 0.15) is 32.3 Å². The van der Waals surface area contributed by atoms with Gasteiger partial charge in [0.2, 0.25) is 0 Å². The van der Waals surface area contributed by atoms with Crippen molar-refractivity contribution in [2.75, 3.05) is 5.32 Å². The van der Waals surface area contributed by atoms with Gasteiger partial charge < -0.3 is 10.4 Å². The summed E-state index contributed by atoms with van der Waals surface area (Å²) in [5.74, 6) is 0. The van der Waals surface area contributed by atoms with Gasteiger partial charge >= 0.3 is 0 Å². The van der Waals surface area contributed by atoms with Crippen LogP contribution in [0.15, 0.2) is 24.3 Å². The third-order valence-electron chi connectivity index (χ3n) is 2.31. The Bertz CT molecular complexity index is 273. The first-order valence-corrected chi connectivity index (χ1v) is 5.23. The number of anilines is 1. The third kappa shape index (κ3) is 3.04. The van der Waals surface area contributed by atoms with Gasteiger partial charge in [0.05, 0.1) is 6.61 Å². The first kappa shape index (κ1) is 11.1. The molecule has 0 aliphatic carbocycles. The molecule has 0 spiro atoms. The summed E-state index contributed by atoms with van der Waals surface area (Å²) in [6.45, 7) is 4.44. The Morgan fingerprint density at radius 1 is 1.36 bits per heavy atom. The lowest BCUT2D eigenvalue weighted by Crippen LogP contribution is -2.15. The largest absolute Gasteiger partial charge is 0.392 e. The Morgan fingerprint density at radius 3 is 2.71 bits per heavy atom. The van der Waals surface area contributed by atoms with Gasteiger partial charge in [0, 0.05) is 17.3 Å². The highest BCUT2D eigenvalue weighted by molar-refractivity contribution is 5.51. The number of hydrogen-bond donors (Lipinski definition) is 2. The molecular weight excluding hydrogens is 174 g/mol. The monoisotopic (exact) mass is 193 g/mol. The molecule has 0 amide bonds. The molecule has 1 aromatic carbocycles. The third-order valence-corrected chi connectivity index (χ3v) is 2.31. The van der Waals surface area contributed by atoms with Crippen LogP contribution in [0.2, 0.25) is 0 Å². The molecular formula is C12H19NO. The van der Waals surface area contributed by atoms with Crippen molar-refractivity contribution in [1.82, 2.24) is 0 Å². The topological polar surface area (TPSA) is 32.3 Å². The molecule has 0 radical (unpaired) electrons. The Balaban J connectivity index is 2.65. The van der Waals surface area contributed by atoms with Crippen molar-refractivity contribution in [3.05, 3.63) is 29.8 Å². The number of rotatable bonds is 5. The fourth-order valence-corrected chi connectivity index (χ4v) is 1.57. The minimum atomic E-state index is 0.0992. The average Bonchev–Trinajstić information content (AvgIpc) is 2.19. The summed E-state index contributed by atoms with van der Waals surface area (Å²) in [6.07, 6.45) is 2.33. The van der Waals surface area contributed by atoms with E-state index in [1.165, 1.54) is 6.42 Å². The van der Waals surface area contributed by atoms with E-state index in [4.69, 9.17) is 5.11 Å². The van der Waals surface area contributed by atoms with Gasteiger partial charge in [-0.1, -0.05) is 31.5 Å². The van der Waals surface area contributed by atoms with E-state index in [0.717, 1.165) is 17.7 Å². The van der Waals surface area contributed by atoms with E-state index in [2.05, 4.69) is 19.2 Å². The molecule has 78 valence electrons. The van der Waals surface area contributed by atoms with Crippen LogP contribution in [0.5, 0.6) is 0 Å². The SMILES string of the molecule is CCC[C@H](C)Nc1ccccc1CO.